The first-order chi connectivity index (χ1) is 12.2. The lowest BCUT2D eigenvalue weighted by molar-refractivity contribution is 0.0894. The summed E-state index contributed by atoms with van der Waals surface area (Å²) in [5, 5.41) is 9.19. The molecule has 0 radical (unpaired) electrons. The van der Waals surface area contributed by atoms with Crippen molar-refractivity contribution >= 4 is 6.09 Å². The molecule has 0 spiro atoms. The first kappa shape index (κ1) is 18.1. The topological polar surface area (TPSA) is 59.0 Å². The molecule has 3 rings (SSSR count). The van der Waals surface area contributed by atoms with Crippen LogP contribution in [-0.4, -0.2) is 41.9 Å². The minimum absolute atomic E-state index is 0.208. The fourth-order valence-corrected chi connectivity index (χ4v) is 3.60. The van der Waals surface area contributed by atoms with Crippen LogP contribution in [0.2, 0.25) is 0 Å². The average molecular weight is 347 g/mol. The predicted octanol–water partition coefficient (Wildman–Crippen LogP) is 3.74. The number of piperidine rings is 1. The van der Waals surface area contributed by atoms with Crippen molar-refractivity contribution in [2.75, 3.05) is 19.7 Å². The number of rotatable bonds is 5. The van der Waals surface area contributed by atoms with E-state index in [-0.39, 0.29) is 18.8 Å². The molecule has 0 bridgehead atoms. The summed E-state index contributed by atoms with van der Waals surface area (Å²) in [7, 11) is 0. The van der Waals surface area contributed by atoms with Gasteiger partial charge in [0.25, 0.3) is 0 Å². The van der Waals surface area contributed by atoms with Gasteiger partial charge in [-0.15, -0.1) is 0 Å². The zero-order valence-corrected chi connectivity index (χ0v) is 14.9. The van der Waals surface area contributed by atoms with Gasteiger partial charge in [0, 0.05) is 19.7 Å². The van der Waals surface area contributed by atoms with Crippen LogP contribution in [0.5, 0.6) is 5.75 Å². The second-order valence-electron chi connectivity index (χ2n) is 7.19. The number of benzene rings is 1. The molecule has 1 amide bonds. The average Bonchev–Trinajstić information content (AvgIpc) is 2.68. The fourth-order valence-electron chi connectivity index (χ4n) is 3.60. The molecule has 2 fully saturated rings. The number of likely N-dealkylation sites (tertiary alicyclic amines) is 1. The number of hydrogen-bond acceptors (Lipinski definition) is 4. The Kier molecular flexibility index (Phi) is 6.56. The summed E-state index contributed by atoms with van der Waals surface area (Å²) < 4.78 is 11.4. The number of nitrogens with zero attached hydrogens (tertiary/aromatic N) is 1. The maximum Gasteiger partial charge on any atom is 0.410 e. The quantitative estimate of drug-likeness (QED) is 0.881. The lowest BCUT2D eigenvalue weighted by atomic mass is 9.88. The summed E-state index contributed by atoms with van der Waals surface area (Å²) in [5.41, 5.74) is 0.974. The maximum absolute atomic E-state index is 12.0. The van der Waals surface area contributed by atoms with E-state index in [1.54, 1.807) is 4.90 Å². The Morgan fingerprint density at radius 3 is 2.36 bits per heavy atom. The molecule has 0 atom stereocenters. The van der Waals surface area contributed by atoms with Crippen LogP contribution in [0, 0.1) is 5.92 Å². The highest BCUT2D eigenvalue weighted by Gasteiger charge is 2.22. The van der Waals surface area contributed by atoms with Gasteiger partial charge in [-0.3, -0.25) is 0 Å². The van der Waals surface area contributed by atoms with E-state index in [0.717, 1.165) is 62.9 Å². The van der Waals surface area contributed by atoms with E-state index in [1.807, 2.05) is 24.3 Å². The summed E-state index contributed by atoms with van der Waals surface area (Å²) >= 11 is 0. The van der Waals surface area contributed by atoms with Crippen LogP contribution < -0.4 is 4.74 Å². The van der Waals surface area contributed by atoms with Gasteiger partial charge >= 0.3 is 6.09 Å². The Hall–Kier alpha value is -1.75. The molecule has 1 aliphatic heterocycles. The zero-order valence-electron chi connectivity index (χ0n) is 14.9. The van der Waals surface area contributed by atoms with Gasteiger partial charge < -0.3 is 19.5 Å². The summed E-state index contributed by atoms with van der Waals surface area (Å²) in [5.74, 6) is 1.30. The standard InChI is InChI=1S/C20H29NO4/c22-14-16-4-8-18(9-5-16)25-19-10-6-17(7-11-19)15-24-20(23)21-12-2-1-3-13-21/h6-7,10-11,16,18,22H,1-5,8-9,12-15H2. The Balaban J connectivity index is 1.42. The molecule has 138 valence electrons. The zero-order chi connectivity index (χ0) is 17.5. The Morgan fingerprint density at radius 2 is 1.72 bits per heavy atom. The predicted molar refractivity (Wildman–Crippen MR) is 95.5 cm³/mol. The van der Waals surface area contributed by atoms with Crippen LogP contribution in [0.3, 0.4) is 0 Å². The smallest absolute Gasteiger partial charge is 0.410 e. The lowest BCUT2D eigenvalue weighted by Gasteiger charge is -2.28. The van der Waals surface area contributed by atoms with Crippen molar-refractivity contribution in [2.24, 2.45) is 5.92 Å². The van der Waals surface area contributed by atoms with Crippen LogP contribution in [0.4, 0.5) is 4.79 Å². The van der Waals surface area contributed by atoms with Gasteiger partial charge in [-0.05, 0) is 68.6 Å². The molecule has 1 saturated heterocycles. The van der Waals surface area contributed by atoms with E-state index in [0.29, 0.717) is 12.5 Å². The van der Waals surface area contributed by atoms with E-state index < -0.39 is 0 Å². The highest BCUT2D eigenvalue weighted by Crippen LogP contribution is 2.27. The Labute approximate surface area is 149 Å². The van der Waals surface area contributed by atoms with Crippen molar-refractivity contribution in [3.63, 3.8) is 0 Å². The summed E-state index contributed by atoms with van der Waals surface area (Å²) in [6.07, 6.45) is 7.44. The molecule has 1 heterocycles. The largest absolute Gasteiger partial charge is 0.490 e. The Morgan fingerprint density at radius 1 is 1.04 bits per heavy atom. The maximum atomic E-state index is 12.0. The van der Waals surface area contributed by atoms with Crippen LogP contribution in [0.25, 0.3) is 0 Å². The van der Waals surface area contributed by atoms with Gasteiger partial charge in [-0.1, -0.05) is 12.1 Å². The molecule has 1 aromatic carbocycles. The number of aliphatic hydroxyl groups excluding tert-OH is 1. The second kappa shape index (κ2) is 9.09. The summed E-state index contributed by atoms with van der Waals surface area (Å²) in [6, 6.07) is 7.81. The van der Waals surface area contributed by atoms with Crippen LogP contribution in [0.15, 0.2) is 24.3 Å². The van der Waals surface area contributed by atoms with Crippen molar-refractivity contribution < 1.29 is 19.4 Å². The molecule has 5 heteroatoms. The van der Waals surface area contributed by atoms with Crippen molar-refractivity contribution in [2.45, 2.75) is 57.7 Å². The summed E-state index contributed by atoms with van der Waals surface area (Å²) in [6.45, 7) is 2.21. The van der Waals surface area contributed by atoms with Crippen LogP contribution >= 0.6 is 0 Å². The van der Waals surface area contributed by atoms with Crippen LogP contribution in [-0.2, 0) is 11.3 Å². The van der Waals surface area contributed by atoms with Crippen molar-refractivity contribution in [3.8, 4) is 5.75 Å². The molecular formula is C20H29NO4. The van der Waals surface area contributed by atoms with Gasteiger partial charge in [0.2, 0.25) is 0 Å². The number of hydrogen-bond donors (Lipinski definition) is 1. The third kappa shape index (κ3) is 5.36. The first-order valence-corrected chi connectivity index (χ1v) is 9.53. The molecular weight excluding hydrogens is 318 g/mol. The van der Waals surface area contributed by atoms with Crippen molar-refractivity contribution in [3.05, 3.63) is 29.8 Å². The number of amides is 1. The monoisotopic (exact) mass is 347 g/mol. The van der Waals surface area contributed by atoms with E-state index in [9.17, 15) is 9.90 Å². The fraction of sp³-hybridized carbons (Fsp3) is 0.650. The molecule has 1 saturated carbocycles. The van der Waals surface area contributed by atoms with Gasteiger partial charge in [-0.2, -0.15) is 0 Å². The van der Waals surface area contributed by atoms with E-state index >= 15 is 0 Å². The highest BCUT2D eigenvalue weighted by atomic mass is 16.6. The number of carbonyl (C=O) groups is 1. The number of carbonyl (C=O) groups excluding carboxylic acids is 1. The van der Waals surface area contributed by atoms with Gasteiger partial charge in [-0.25, -0.2) is 4.79 Å². The normalized spacial score (nSPS) is 24.0. The highest BCUT2D eigenvalue weighted by molar-refractivity contribution is 5.67. The lowest BCUT2D eigenvalue weighted by Crippen LogP contribution is -2.35. The Bertz CT molecular complexity index is 531. The third-order valence-electron chi connectivity index (χ3n) is 5.25. The van der Waals surface area contributed by atoms with E-state index in [4.69, 9.17) is 9.47 Å². The minimum Gasteiger partial charge on any atom is -0.490 e. The SMILES string of the molecule is O=C(OCc1ccc(OC2CCC(CO)CC2)cc1)N1CCCCC1. The van der Waals surface area contributed by atoms with Gasteiger partial charge in [0.1, 0.15) is 12.4 Å². The molecule has 0 unspecified atom stereocenters. The number of aliphatic hydroxyl groups is 1. The van der Waals surface area contributed by atoms with Gasteiger partial charge in [0.15, 0.2) is 0 Å². The van der Waals surface area contributed by atoms with Crippen molar-refractivity contribution in [1.82, 2.24) is 4.90 Å². The summed E-state index contributed by atoms with van der Waals surface area (Å²) in [4.78, 5) is 13.8. The van der Waals surface area contributed by atoms with Crippen LogP contribution in [0.1, 0.15) is 50.5 Å². The molecule has 5 nitrogen and oxygen atoms in total. The molecule has 1 N–H and O–H groups in total. The second-order valence-corrected chi connectivity index (χ2v) is 7.19. The van der Waals surface area contributed by atoms with Gasteiger partial charge in [0.05, 0.1) is 6.10 Å². The number of ether oxygens (including phenoxy) is 2. The first-order valence-electron chi connectivity index (χ1n) is 9.53. The molecule has 0 aromatic heterocycles. The van der Waals surface area contributed by atoms with E-state index in [1.165, 1.54) is 6.42 Å². The van der Waals surface area contributed by atoms with Crippen molar-refractivity contribution in [1.29, 1.82) is 0 Å². The minimum atomic E-state index is -0.208. The van der Waals surface area contributed by atoms with E-state index in [2.05, 4.69) is 0 Å². The molecule has 1 aromatic rings. The third-order valence-corrected chi connectivity index (χ3v) is 5.25. The molecule has 2 aliphatic rings. The molecule has 1 aliphatic carbocycles. The molecule has 25 heavy (non-hydrogen) atoms.